The number of carbonyl (C=O) groups excluding carboxylic acids is 1. The summed E-state index contributed by atoms with van der Waals surface area (Å²) in [6, 6.07) is 9.50. The smallest absolute Gasteiger partial charge is 0.227 e. The van der Waals surface area contributed by atoms with Gasteiger partial charge in [-0.3, -0.25) is 9.78 Å². The van der Waals surface area contributed by atoms with Gasteiger partial charge in [-0.25, -0.2) is 0 Å². The Balaban J connectivity index is 1.79. The van der Waals surface area contributed by atoms with Crippen molar-refractivity contribution in [1.82, 2.24) is 4.98 Å². The number of aromatic nitrogens is 1. The zero-order valence-electron chi connectivity index (χ0n) is 11.7. The number of benzene rings is 1. The molecule has 0 saturated heterocycles. The Kier molecular flexibility index (Phi) is 4.71. The molecule has 104 valence electrons. The number of pyridine rings is 1. The predicted octanol–water partition coefficient (Wildman–Crippen LogP) is 3.11. The van der Waals surface area contributed by atoms with Gasteiger partial charge >= 0.3 is 0 Å². The van der Waals surface area contributed by atoms with Crippen molar-refractivity contribution in [3.05, 3.63) is 53.9 Å². The fourth-order valence-electron chi connectivity index (χ4n) is 1.87. The number of carbonyl (C=O) groups is 1. The molecule has 2 rings (SSSR count). The average molecular weight is 270 g/mol. The van der Waals surface area contributed by atoms with Crippen LogP contribution in [0.15, 0.2) is 42.7 Å². The lowest BCUT2D eigenvalue weighted by Gasteiger charge is -2.10. The van der Waals surface area contributed by atoms with Crippen LogP contribution in [-0.2, 0) is 4.79 Å². The van der Waals surface area contributed by atoms with E-state index < -0.39 is 0 Å². The highest BCUT2D eigenvalue weighted by Crippen LogP contribution is 2.18. The zero-order chi connectivity index (χ0) is 14.4. The fourth-order valence-corrected chi connectivity index (χ4v) is 1.87. The van der Waals surface area contributed by atoms with Crippen molar-refractivity contribution in [1.29, 1.82) is 0 Å². The molecule has 1 aromatic carbocycles. The summed E-state index contributed by atoms with van der Waals surface area (Å²) in [5, 5.41) is 2.79. The van der Waals surface area contributed by atoms with Gasteiger partial charge < -0.3 is 10.1 Å². The van der Waals surface area contributed by atoms with E-state index in [1.54, 1.807) is 24.5 Å². The Bertz CT molecular complexity index is 582. The first kappa shape index (κ1) is 14.1. The summed E-state index contributed by atoms with van der Waals surface area (Å²) < 4.78 is 5.63. The molecular weight excluding hydrogens is 252 g/mol. The van der Waals surface area contributed by atoms with E-state index in [0.29, 0.717) is 13.0 Å². The molecule has 0 aliphatic heterocycles. The summed E-state index contributed by atoms with van der Waals surface area (Å²) in [7, 11) is 0. The van der Waals surface area contributed by atoms with Gasteiger partial charge in [0, 0.05) is 18.1 Å². The van der Waals surface area contributed by atoms with Crippen LogP contribution in [0.2, 0.25) is 0 Å². The van der Waals surface area contributed by atoms with E-state index in [9.17, 15) is 4.79 Å². The van der Waals surface area contributed by atoms with Crippen molar-refractivity contribution in [2.75, 3.05) is 11.9 Å². The lowest BCUT2D eigenvalue weighted by atomic mass is 10.1. The third-order valence-electron chi connectivity index (χ3n) is 2.88. The Morgan fingerprint density at radius 3 is 2.65 bits per heavy atom. The van der Waals surface area contributed by atoms with Crippen LogP contribution in [0.25, 0.3) is 0 Å². The molecule has 0 atom stereocenters. The molecule has 1 amide bonds. The van der Waals surface area contributed by atoms with Gasteiger partial charge in [-0.05, 0) is 37.6 Å². The summed E-state index contributed by atoms with van der Waals surface area (Å²) in [4.78, 5) is 15.6. The maximum absolute atomic E-state index is 11.7. The van der Waals surface area contributed by atoms with Crippen LogP contribution in [0, 0.1) is 13.8 Å². The van der Waals surface area contributed by atoms with E-state index in [2.05, 4.69) is 16.4 Å². The normalized spacial score (nSPS) is 10.1. The van der Waals surface area contributed by atoms with E-state index in [1.807, 2.05) is 26.0 Å². The molecule has 20 heavy (non-hydrogen) atoms. The van der Waals surface area contributed by atoms with E-state index in [-0.39, 0.29) is 5.91 Å². The van der Waals surface area contributed by atoms with Crippen LogP contribution < -0.4 is 10.1 Å². The molecule has 1 aromatic heterocycles. The average Bonchev–Trinajstić information content (AvgIpc) is 2.42. The minimum Gasteiger partial charge on any atom is -0.493 e. The van der Waals surface area contributed by atoms with Crippen LogP contribution in [0.4, 0.5) is 5.69 Å². The van der Waals surface area contributed by atoms with Crippen molar-refractivity contribution in [2.24, 2.45) is 0 Å². The van der Waals surface area contributed by atoms with Gasteiger partial charge in [-0.1, -0.05) is 17.7 Å². The largest absolute Gasteiger partial charge is 0.493 e. The molecule has 0 bridgehead atoms. The molecule has 0 spiro atoms. The van der Waals surface area contributed by atoms with E-state index >= 15 is 0 Å². The summed E-state index contributed by atoms with van der Waals surface area (Å²) >= 11 is 0. The zero-order valence-corrected chi connectivity index (χ0v) is 11.7. The number of nitrogens with one attached hydrogen (secondary N) is 1. The maximum Gasteiger partial charge on any atom is 0.227 e. The Hall–Kier alpha value is -2.36. The van der Waals surface area contributed by atoms with Crippen LogP contribution in [0.1, 0.15) is 17.5 Å². The van der Waals surface area contributed by atoms with E-state index in [4.69, 9.17) is 4.74 Å². The van der Waals surface area contributed by atoms with Crippen LogP contribution in [0.3, 0.4) is 0 Å². The van der Waals surface area contributed by atoms with Crippen molar-refractivity contribution in [2.45, 2.75) is 20.3 Å². The van der Waals surface area contributed by atoms with E-state index in [1.165, 1.54) is 5.56 Å². The van der Waals surface area contributed by atoms with Crippen LogP contribution >= 0.6 is 0 Å². The molecule has 0 fully saturated rings. The van der Waals surface area contributed by atoms with Crippen molar-refractivity contribution in [3.63, 3.8) is 0 Å². The Labute approximate surface area is 118 Å². The van der Waals surface area contributed by atoms with Gasteiger partial charge in [0.15, 0.2) is 0 Å². The third kappa shape index (κ3) is 4.09. The Morgan fingerprint density at radius 2 is 1.95 bits per heavy atom. The van der Waals surface area contributed by atoms with Crippen LogP contribution in [-0.4, -0.2) is 17.5 Å². The molecule has 4 heteroatoms. The number of amides is 1. The highest BCUT2D eigenvalue weighted by Gasteiger charge is 2.04. The van der Waals surface area contributed by atoms with Crippen molar-refractivity contribution >= 4 is 11.6 Å². The van der Waals surface area contributed by atoms with Gasteiger partial charge in [-0.15, -0.1) is 0 Å². The fraction of sp³-hybridized carbons (Fsp3) is 0.250. The molecule has 0 aliphatic carbocycles. The highest BCUT2D eigenvalue weighted by molar-refractivity contribution is 5.90. The first-order chi connectivity index (χ1) is 9.65. The first-order valence-electron chi connectivity index (χ1n) is 6.55. The van der Waals surface area contributed by atoms with Gasteiger partial charge in [0.05, 0.1) is 13.0 Å². The van der Waals surface area contributed by atoms with Gasteiger partial charge in [-0.2, -0.15) is 0 Å². The van der Waals surface area contributed by atoms with Gasteiger partial charge in [0.25, 0.3) is 0 Å². The number of nitrogens with zero attached hydrogens (tertiary/aromatic N) is 1. The quantitative estimate of drug-likeness (QED) is 0.908. The molecule has 0 saturated carbocycles. The number of hydrogen-bond acceptors (Lipinski definition) is 3. The number of ether oxygens (including phenoxy) is 1. The molecule has 0 unspecified atom stereocenters. The minimum absolute atomic E-state index is 0.0686. The van der Waals surface area contributed by atoms with Crippen molar-refractivity contribution < 1.29 is 9.53 Å². The summed E-state index contributed by atoms with van der Waals surface area (Å²) in [6.45, 7) is 4.40. The Morgan fingerprint density at radius 1 is 1.20 bits per heavy atom. The van der Waals surface area contributed by atoms with Crippen molar-refractivity contribution in [3.8, 4) is 5.75 Å². The number of aryl methyl sites for hydroxylation is 2. The molecule has 0 aliphatic rings. The summed E-state index contributed by atoms with van der Waals surface area (Å²) in [6.07, 6.45) is 3.60. The van der Waals surface area contributed by atoms with Crippen LogP contribution in [0.5, 0.6) is 5.75 Å². The molecule has 1 heterocycles. The molecule has 2 aromatic rings. The standard InChI is InChI=1S/C16H18N2O2/c1-12-3-4-15(13(2)11-12)20-10-7-16(19)18-14-5-8-17-9-6-14/h3-6,8-9,11H,7,10H2,1-2H3,(H,17,18,19). The molecular formula is C16H18N2O2. The molecule has 1 N–H and O–H groups in total. The first-order valence-corrected chi connectivity index (χ1v) is 6.55. The predicted molar refractivity (Wildman–Crippen MR) is 78.9 cm³/mol. The maximum atomic E-state index is 11.7. The second-order valence-electron chi connectivity index (χ2n) is 4.65. The third-order valence-corrected chi connectivity index (χ3v) is 2.88. The number of hydrogen-bond donors (Lipinski definition) is 1. The monoisotopic (exact) mass is 270 g/mol. The summed E-state index contributed by atoms with van der Waals surface area (Å²) in [5.74, 6) is 0.758. The number of rotatable bonds is 5. The topological polar surface area (TPSA) is 51.2 Å². The van der Waals surface area contributed by atoms with Gasteiger partial charge in [0.2, 0.25) is 5.91 Å². The molecule has 4 nitrogen and oxygen atoms in total. The lowest BCUT2D eigenvalue weighted by Crippen LogP contribution is -2.15. The molecule has 0 radical (unpaired) electrons. The second-order valence-corrected chi connectivity index (χ2v) is 4.65. The van der Waals surface area contributed by atoms with Gasteiger partial charge in [0.1, 0.15) is 5.75 Å². The minimum atomic E-state index is -0.0686. The summed E-state index contributed by atoms with van der Waals surface area (Å²) in [5.41, 5.74) is 3.03. The highest BCUT2D eigenvalue weighted by atomic mass is 16.5. The number of anilines is 1. The lowest BCUT2D eigenvalue weighted by molar-refractivity contribution is -0.116. The SMILES string of the molecule is Cc1ccc(OCCC(=O)Nc2ccncc2)c(C)c1. The second kappa shape index (κ2) is 6.70. The van der Waals surface area contributed by atoms with E-state index in [0.717, 1.165) is 17.0 Å².